The van der Waals surface area contributed by atoms with Gasteiger partial charge < -0.3 is 4.52 Å². The molecule has 24 heavy (non-hydrogen) atoms. The van der Waals surface area contributed by atoms with Crippen LogP contribution in [0, 0.1) is 12.4 Å². The van der Waals surface area contributed by atoms with Gasteiger partial charge >= 0.3 is 0 Å². The Morgan fingerprint density at radius 3 is 2.83 bits per heavy atom. The average molecular weight is 361 g/mol. The van der Waals surface area contributed by atoms with E-state index in [1.54, 1.807) is 18.2 Å². The maximum absolute atomic E-state index is 14.0. The smallest absolute Gasteiger partial charge is 0.190 e. The van der Waals surface area contributed by atoms with Crippen LogP contribution >= 0.6 is 22.9 Å². The van der Waals surface area contributed by atoms with Crippen molar-refractivity contribution in [1.82, 2.24) is 5.16 Å². The van der Waals surface area contributed by atoms with Gasteiger partial charge in [-0.2, -0.15) is 0 Å². The maximum atomic E-state index is 14.0. The summed E-state index contributed by atoms with van der Waals surface area (Å²) >= 11 is 7.05. The number of ketones is 1. The Labute approximate surface area is 146 Å². The molecule has 0 radical (unpaired) electrons. The molecular weight excluding hydrogens is 351 g/mol. The van der Waals surface area contributed by atoms with Crippen LogP contribution in [0.4, 0.5) is 10.1 Å². The van der Waals surface area contributed by atoms with Gasteiger partial charge in [-0.15, -0.1) is 11.3 Å². The molecule has 0 N–H and O–H groups in total. The van der Waals surface area contributed by atoms with Gasteiger partial charge in [0.15, 0.2) is 11.5 Å². The van der Waals surface area contributed by atoms with Crippen LogP contribution in [0.1, 0.15) is 21.9 Å². The van der Waals surface area contributed by atoms with E-state index in [2.05, 4.69) is 10.0 Å². The third-order valence-corrected chi connectivity index (χ3v) is 4.64. The van der Waals surface area contributed by atoms with E-state index in [1.807, 2.05) is 0 Å². The molecule has 0 aliphatic carbocycles. The van der Waals surface area contributed by atoms with Gasteiger partial charge in [-0.25, -0.2) is 9.24 Å². The molecule has 2 heterocycles. The fourth-order valence-electron chi connectivity index (χ4n) is 2.16. The van der Waals surface area contributed by atoms with Crippen molar-refractivity contribution in [3.05, 3.63) is 68.6 Å². The van der Waals surface area contributed by atoms with Crippen molar-refractivity contribution < 1.29 is 13.7 Å². The Balaban J connectivity index is 1.70. The molecular formula is C17H10ClFN2O2S. The third kappa shape index (κ3) is 3.53. The number of aryl methyl sites for hydroxylation is 1. The Bertz CT molecular complexity index is 942. The lowest BCUT2D eigenvalue weighted by atomic mass is 10.1. The van der Waals surface area contributed by atoms with E-state index in [0.717, 1.165) is 6.07 Å². The first-order chi connectivity index (χ1) is 11.6. The molecule has 2 aromatic heterocycles. The highest BCUT2D eigenvalue weighted by molar-refractivity contribution is 7.18. The van der Waals surface area contributed by atoms with Crippen molar-refractivity contribution in [3.63, 3.8) is 0 Å². The molecule has 0 aliphatic heterocycles. The highest BCUT2D eigenvalue weighted by atomic mass is 35.5. The second-order valence-electron chi connectivity index (χ2n) is 4.98. The van der Waals surface area contributed by atoms with Gasteiger partial charge in [-0.3, -0.25) is 4.79 Å². The van der Waals surface area contributed by atoms with Crippen molar-refractivity contribution in [2.75, 3.05) is 0 Å². The topological polar surface area (TPSA) is 47.5 Å². The number of carbonyl (C=O) groups is 1. The monoisotopic (exact) mass is 360 g/mol. The number of aromatic nitrogens is 1. The van der Waals surface area contributed by atoms with E-state index >= 15 is 0 Å². The Kier molecular flexibility index (Phi) is 4.74. The van der Waals surface area contributed by atoms with Gasteiger partial charge in [-0.05, 0) is 18.2 Å². The second kappa shape index (κ2) is 6.95. The third-order valence-electron chi connectivity index (χ3n) is 3.36. The summed E-state index contributed by atoms with van der Waals surface area (Å²) in [6, 6.07) is 9.13. The SMILES string of the molecule is [C-]#[N+]c1ccc(-c2cc(CCC(=O)c3ccc(Cl)s3)on2)c(F)c1. The standard InChI is InChI=1S/C17H10ClFN2O2S/c1-20-10-2-4-12(13(19)8-10)14-9-11(23-21-14)3-5-15(22)16-6-7-17(18)24-16/h2,4,6-9H,3,5H2. The predicted molar refractivity (Wildman–Crippen MR) is 90.1 cm³/mol. The molecule has 0 atom stereocenters. The van der Waals surface area contributed by atoms with Crippen molar-refractivity contribution in [3.8, 4) is 11.3 Å². The number of benzene rings is 1. The summed E-state index contributed by atoms with van der Waals surface area (Å²) < 4.78 is 19.7. The molecule has 0 spiro atoms. The maximum Gasteiger partial charge on any atom is 0.190 e. The number of thiophene rings is 1. The van der Waals surface area contributed by atoms with Crippen LogP contribution in [0.25, 0.3) is 16.1 Å². The highest BCUT2D eigenvalue weighted by Crippen LogP contribution is 2.27. The first-order valence-electron chi connectivity index (χ1n) is 6.98. The van der Waals surface area contributed by atoms with Crippen LogP contribution in [0.15, 0.2) is 40.9 Å². The van der Waals surface area contributed by atoms with Gasteiger partial charge in [0.2, 0.25) is 0 Å². The lowest BCUT2D eigenvalue weighted by Gasteiger charge is -1.98. The lowest BCUT2D eigenvalue weighted by Crippen LogP contribution is -1.97. The van der Waals surface area contributed by atoms with E-state index < -0.39 is 5.82 Å². The van der Waals surface area contributed by atoms with E-state index in [0.29, 0.717) is 27.1 Å². The Morgan fingerprint density at radius 2 is 2.17 bits per heavy atom. The van der Waals surface area contributed by atoms with Crippen molar-refractivity contribution >= 4 is 34.4 Å². The number of rotatable bonds is 5. The van der Waals surface area contributed by atoms with E-state index in [-0.39, 0.29) is 23.5 Å². The summed E-state index contributed by atoms with van der Waals surface area (Å²) in [6.07, 6.45) is 0.619. The Morgan fingerprint density at radius 1 is 1.33 bits per heavy atom. The molecule has 0 aliphatic rings. The first kappa shape index (κ1) is 16.4. The Hall–Kier alpha value is -2.49. The molecule has 0 saturated heterocycles. The zero-order valence-electron chi connectivity index (χ0n) is 12.3. The van der Waals surface area contributed by atoms with Crippen LogP contribution in [0.5, 0.6) is 0 Å². The van der Waals surface area contributed by atoms with Gasteiger partial charge in [0.05, 0.1) is 15.8 Å². The van der Waals surface area contributed by atoms with Crippen molar-refractivity contribution in [2.45, 2.75) is 12.8 Å². The van der Waals surface area contributed by atoms with Crippen LogP contribution < -0.4 is 0 Å². The number of carbonyl (C=O) groups excluding carboxylic acids is 1. The molecule has 7 heteroatoms. The molecule has 3 rings (SSSR count). The second-order valence-corrected chi connectivity index (χ2v) is 6.70. The fourth-order valence-corrected chi connectivity index (χ4v) is 3.17. The van der Waals surface area contributed by atoms with Gasteiger partial charge in [0.1, 0.15) is 17.3 Å². The number of halogens is 2. The zero-order chi connectivity index (χ0) is 17.1. The molecule has 0 unspecified atom stereocenters. The molecule has 0 saturated carbocycles. The molecule has 1 aromatic carbocycles. The summed E-state index contributed by atoms with van der Waals surface area (Å²) in [5.41, 5.74) is 0.819. The van der Waals surface area contributed by atoms with Gasteiger partial charge in [0, 0.05) is 24.5 Å². The molecule has 0 bridgehead atoms. The van der Waals surface area contributed by atoms with E-state index in [9.17, 15) is 9.18 Å². The number of nitrogens with zero attached hydrogens (tertiary/aromatic N) is 2. The van der Waals surface area contributed by atoms with Crippen LogP contribution in [0.3, 0.4) is 0 Å². The summed E-state index contributed by atoms with van der Waals surface area (Å²) in [5.74, 6) is -0.0697. The summed E-state index contributed by atoms with van der Waals surface area (Å²) in [6.45, 7) is 6.87. The fraction of sp³-hybridized carbons (Fsp3) is 0.118. The van der Waals surface area contributed by atoms with Crippen LogP contribution in [0.2, 0.25) is 4.34 Å². The van der Waals surface area contributed by atoms with Crippen LogP contribution in [-0.2, 0) is 6.42 Å². The largest absolute Gasteiger partial charge is 0.361 e. The van der Waals surface area contributed by atoms with Crippen molar-refractivity contribution in [1.29, 1.82) is 0 Å². The van der Waals surface area contributed by atoms with E-state index in [4.69, 9.17) is 22.7 Å². The molecule has 0 amide bonds. The summed E-state index contributed by atoms with van der Waals surface area (Å²) in [5, 5.41) is 3.84. The van der Waals surface area contributed by atoms with E-state index in [1.165, 1.54) is 23.5 Å². The van der Waals surface area contributed by atoms with Crippen LogP contribution in [-0.4, -0.2) is 10.9 Å². The minimum absolute atomic E-state index is 0.0301. The molecule has 3 aromatic rings. The number of hydrogen-bond donors (Lipinski definition) is 0. The minimum atomic E-state index is -0.535. The summed E-state index contributed by atoms with van der Waals surface area (Å²) in [7, 11) is 0. The number of hydrogen-bond acceptors (Lipinski definition) is 4. The first-order valence-corrected chi connectivity index (χ1v) is 8.18. The summed E-state index contributed by atoms with van der Waals surface area (Å²) in [4.78, 5) is 15.8. The molecule has 4 nitrogen and oxygen atoms in total. The zero-order valence-corrected chi connectivity index (χ0v) is 13.8. The lowest BCUT2D eigenvalue weighted by molar-refractivity contribution is 0.0984. The minimum Gasteiger partial charge on any atom is -0.361 e. The quantitative estimate of drug-likeness (QED) is 0.442. The van der Waals surface area contributed by atoms with Gasteiger partial charge in [0.25, 0.3) is 0 Å². The predicted octanol–water partition coefficient (Wildman–Crippen LogP) is 5.56. The average Bonchev–Trinajstić information content (AvgIpc) is 3.21. The molecule has 0 fully saturated rings. The molecule has 120 valence electrons. The number of Topliss-reactive ketones (excluding diaryl/α,β-unsaturated/α-hetero) is 1. The highest BCUT2D eigenvalue weighted by Gasteiger charge is 2.14. The normalized spacial score (nSPS) is 10.5. The van der Waals surface area contributed by atoms with Crippen molar-refractivity contribution in [2.24, 2.45) is 0 Å². The van der Waals surface area contributed by atoms with Gasteiger partial charge in [-0.1, -0.05) is 28.9 Å².